The molecule has 0 saturated carbocycles. The van der Waals surface area contributed by atoms with E-state index >= 15 is 0 Å². The van der Waals surface area contributed by atoms with Gasteiger partial charge < -0.3 is 16.2 Å². The van der Waals surface area contributed by atoms with Crippen molar-refractivity contribution in [3.8, 4) is 0 Å². The highest BCUT2D eigenvalue weighted by Crippen LogP contribution is 1.74. The molecule has 1 unspecified atom stereocenters. The van der Waals surface area contributed by atoms with Crippen LogP contribution >= 0.6 is 12.4 Å². The van der Waals surface area contributed by atoms with E-state index < -0.39 is 12.0 Å². The van der Waals surface area contributed by atoms with E-state index in [2.05, 4.69) is 5.32 Å². The number of likely N-dealkylation sites (N-methyl/N-ethyl adjacent to an activating group) is 1. The third kappa shape index (κ3) is 4.20. The second-order valence-corrected chi connectivity index (χ2v) is 1.37. The number of aliphatic hydroxyl groups is 1. The van der Waals surface area contributed by atoms with Crippen LogP contribution < -0.4 is 11.1 Å². The quantitative estimate of drug-likeness (QED) is 0.452. The second kappa shape index (κ2) is 5.81. The first-order valence-corrected chi connectivity index (χ1v) is 2.32. The molecule has 0 heterocycles. The summed E-state index contributed by atoms with van der Waals surface area (Å²) in [5, 5.41) is 10.8. The van der Waals surface area contributed by atoms with Gasteiger partial charge in [-0.15, -0.1) is 12.4 Å². The fraction of sp³-hybridized carbons (Fsp3) is 0.750. The molecule has 5 heteroatoms. The molecule has 0 bridgehead atoms. The third-order valence-corrected chi connectivity index (χ3v) is 0.772. The number of hydrogen-bond acceptors (Lipinski definition) is 3. The zero-order valence-corrected chi connectivity index (χ0v) is 5.94. The molecule has 0 radical (unpaired) electrons. The molecule has 9 heavy (non-hydrogen) atoms. The van der Waals surface area contributed by atoms with Crippen LogP contribution in [0.4, 0.5) is 0 Å². The van der Waals surface area contributed by atoms with E-state index in [1.807, 2.05) is 0 Å². The average molecular weight is 155 g/mol. The predicted molar refractivity (Wildman–Crippen MR) is 36.4 cm³/mol. The Kier molecular flexibility index (Phi) is 7.41. The number of rotatable bonds is 2. The first kappa shape index (κ1) is 11.5. The minimum Gasteiger partial charge on any atom is -0.382 e. The molecule has 0 aliphatic heterocycles. The molecule has 1 atom stereocenters. The smallest absolute Gasteiger partial charge is 0.249 e. The van der Waals surface area contributed by atoms with Crippen molar-refractivity contribution in [1.29, 1.82) is 0 Å². The molecular formula is C4H11ClN2O2. The number of halogens is 1. The van der Waals surface area contributed by atoms with Gasteiger partial charge in [-0.1, -0.05) is 0 Å². The first-order valence-electron chi connectivity index (χ1n) is 2.32. The van der Waals surface area contributed by atoms with Gasteiger partial charge in [-0.2, -0.15) is 0 Å². The van der Waals surface area contributed by atoms with Crippen molar-refractivity contribution in [3.63, 3.8) is 0 Å². The number of carbonyl (C=O) groups excluding carboxylic acids is 1. The summed E-state index contributed by atoms with van der Waals surface area (Å²) in [7, 11) is 1.45. The van der Waals surface area contributed by atoms with E-state index in [0.29, 0.717) is 0 Å². The van der Waals surface area contributed by atoms with Gasteiger partial charge in [0.1, 0.15) is 6.10 Å². The van der Waals surface area contributed by atoms with Gasteiger partial charge >= 0.3 is 0 Å². The molecular weight excluding hydrogens is 144 g/mol. The zero-order valence-electron chi connectivity index (χ0n) is 5.13. The third-order valence-electron chi connectivity index (χ3n) is 0.772. The van der Waals surface area contributed by atoms with Gasteiger partial charge in [-0.3, -0.25) is 4.79 Å². The van der Waals surface area contributed by atoms with Gasteiger partial charge in [-0.05, 0) is 0 Å². The maximum absolute atomic E-state index is 10.3. The Morgan fingerprint density at radius 2 is 2.33 bits per heavy atom. The Balaban J connectivity index is 0. The summed E-state index contributed by atoms with van der Waals surface area (Å²) in [6, 6.07) is 0. The van der Waals surface area contributed by atoms with Crippen LogP contribution in [0.1, 0.15) is 0 Å². The van der Waals surface area contributed by atoms with Crippen LogP contribution in [-0.4, -0.2) is 30.7 Å². The zero-order chi connectivity index (χ0) is 6.57. The standard InChI is InChI=1S/C4H10N2O2.ClH/c1-6-4(8)3(7)2-5;/h3,7H,2,5H2,1H3,(H,6,8);1H. The summed E-state index contributed by atoms with van der Waals surface area (Å²) in [6.45, 7) is -0.0281. The molecule has 4 nitrogen and oxygen atoms in total. The molecule has 0 rings (SSSR count). The van der Waals surface area contributed by atoms with Crippen molar-refractivity contribution >= 4 is 18.3 Å². The molecule has 0 aliphatic rings. The maximum atomic E-state index is 10.3. The highest BCUT2D eigenvalue weighted by atomic mass is 35.5. The summed E-state index contributed by atoms with van der Waals surface area (Å²) >= 11 is 0. The number of carbonyl (C=O) groups is 1. The van der Waals surface area contributed by atoms with Crippen LogP contribution in [0, 0.1) is 0 Å². The normalized spacial score (nSPS) is 11.4. The van der Waals surface area contributed by atoms with Crippen LogP contribution in [0.3, 0.4) is 0 Å². The first-order chi connectivity index (χ1) is 3.72. The van der Waals surface area contributed by atoms with Crippen LogP contribution in [0.5, 0.6) is 0 Å². The largest absolute Gasteiger partial charge is 0.382 e. The minimum absolute atomic E-state index is 0. The van der Waals surface area contributed by atoms with E-state index in [0.717, 1.165) is 0 Å². The maximum Gasteiger partial charge on any atom is 0.249 e. The number of nitrogens with two attached hydrogens (primary N) is 1. The number of nitrogens with one attached hydrogen (secondary N) is 1. The monoisotopic (exact) mass is 154 g/mol. The van der Waals surface area contributed by atoms with Crippen LogP contribution in [-0.2, 0) is 4.79 Å². The Morgan fingerprint density at radius 1 is 1.89 bits per heavy atom. The predicted octanol–water partition coefficient (Wildman–Crippen LogP) is -1.53. The molecule has 1 amide bonds. The van der Waals surface area contributed by atoms with E-state index in [1.54, 1.807) is 0 Å². The van der Waals surface area contributed by atoms with E-state index in [4.69, 9.17) is 10.8 Å². The van der Waals surface area contributed by atoms with E-state index in [9.17, 15) is 4.79 Å². The highest BCUT2D eigenvalue weighted by Gasteiger charge is 2.08. The summed E-state index contributed by atoms with van der Waals surface area (Å²) in [5.74, 6) is -0.437. The molecule has 56 valence electrons. The molecule has 0 saturated heterocycles. The Labute approximate surface area is 59.8 Å². The molecule has 0 spiro atoms. The molecule has 0 fully saturated rings. The van der Waals surface area contributed by atoms with Gasteiger partial charge in [-0.25, -0.2) is 0 Å². The van der Waals surface area contributed by atoms with Crippen molar-refractivity contribution in [3.05, 3.63) is 0 Å². The summed E-state index contributed by atoms with van der Waals surface area (Å²) in [5.41, 5.74) is 4.94. The lowest BCUT2D eigenvalue weighted by atomic mass is 10.3. The highest BCUT2D eigenvalue weighted by molar-refractivity contribution is 5.85. The number of hydrogen-bond donors (Lipinski definition) is 3. The minimum atomic E-state index is -1.06. The van der Waals surface area contributed by atoms with Crippen LogP contribution in [0.15, 0.2) is 0 Å². The number of amides is 1. The fourth-order valence-corrected chi connectivity index (χ4v) is 0.274. The lowest BCUT2D eigenvalue weighted by Gasteiger charge is -2.02. The topological polar surface area (TPSA) is 75.3 Å². The second-order valence-electron chi connectivity index (χ2n) is 1.37. The summed E-state index contributed by atoms with van der Waals surface area (Å²) in [6.07, 6.45) is -1.06. The van der Waals surface area contributed by atoms with Gasteiger partial charge in [0.15, 0.2) is 0 Å². The lowest BCUT2D eigenvalue weighted by molar-refractivity contribution is -0.128. The molecule has 0 aromatic rings. The van der Waals surface area contributed by atoms with Crippen molar-refractivity contribution in [2.75, 3.05) is 13.6 Å². The van der Waals surface area contributed by atoms with Crippen molar-refractivity contribution in [2.45, 2.75) is 6.10 Å². The van der Waals surface area contributed by atoms with Crippen molar-refractivity contribution in [2.24, 2.45) is 5.73 Å². The molecule has 0 aliphatic carbocycles. The van der Waals surface area contributed by atoms with Gasteiger partial charge in [0.05, 0.1) is 0 Å². The van der Waals surface area contributed by atoms with Crippen LogP contribution in [0.25, 0.3) is 0 Å². The Bertz CT molecular complexity index is 88.6. The SMILES string of the molecule is CNC(=O)C(O)CN.Cl. The Morgan fingerprint density at radius 3 is 2.44 bits per heavy atom. The van der Waals surface area contributed by atoms with Gasteiger partial charge in [0.2, 0.25) is 5.91 Å². The number of aliphatic hydroxyl groups excluding tert-OH is 1. The van der Waals surface area contributed by atoms with E-state index in [1.165, 1.54) is 7.05 Å². The lowest BCUT2D eigenvalue weighted by Crippen LogP contribution is -2.37. The van der Waals surface area contributed by atoms with Crippen molar-refractivity contribution in [1.82, 2.24) is 5.32 Å². The Hall–Kier alpha value is -0.320. The summed E-state index contributed by atoms with van der Waals surface area (Å²) < 4.78 is 0. The summed E-state index contributed by atoms with van der Waals surface area (Å²) in [4.78, 5) is 10.3. The average Bonchev–Trinajstić information content (AvgIpc) is 1.84. The molecule has 0 aromatic carbocycles. The van der Waals surface area contributed by atoms with E-state index in [-0.39, 0.29) is 19.0 Å². The van der Waals surface area contributed by atoms with Crippen LogP contribution in [0.2, 0.25) is 0 Å². The molecule has 4 N–H and O–H groups in total. The molecule has 0 aromatic heterocycles. The van der Waals surface area contributed by atoms with Gasteiger partial charge in [0, 0.05) is 13.6 Å². The van der Waals surface area contributed by atoms with Crippen molar-refractivity contribution < 1.29 is 9.90 Å². The van der Waals surface area contributed by atoms with Gasteiger partial charge in [0.25, 0.3) is 0 Å². The fourth-order valence-electron chi connectivity index (χ4n) is 0.274.